The zero-order chi connectivity index (χ0) is 19.0. The van der Waals surface area contributed by atoms with E-state index in [2.05, 4.69) is 5.32 Å². The number of carbonyl (C=O) groups is 2. The van der Waals surface area contributed by atoms with E-state index in [9.17, 15) is 9.59 Å². The molecule has 0 saturated heterocycles. The van der Waals surface area contributed by atoms with E-state index in [1.807, 2.05) is 45.0 Å². The number of aryl methyl sites for hydroxylation is 3. The van der Waals surface area contributed by atoms with Gasteiger partial charge in [-0.3, -0.25) is 14.5 Å². The molecule has 0 unspecified atom stereocenters. The number of anilines is 1. The van der Waals surface area contributed by atoms with Gasteiger partial charge in [-0.2, -0.15) is 0 Å². The van der Waals surface area contributed by atoms with Crippen molar-refractivity contribution in [2.75, 3.05) is 11.9 Å². The lowest BCUT2D eigenvalue weighted by molar-refractivity contribution is -0.136. The SMILES string of the molecule is CCN1C(=O)C(Nc2cc(Cl)ccc2C)=C(c2ccc(C)c(C)c2)C1=O. The molecule has 0 atom stereocenters. The molecule has 2 amide bonds. The summed E-state index contributed by atoms with van der Waals surface area (Å²) in [4.78, 5) is 27.0. The van der Waals surface area contributed by atoms with Crippen molar-refractivity contribution in [3.63, 3.8) is 0 Å². The highest BCUT2D eigenvalue weighted by molar-refractivity contribution is 6.36. The van der Waals surface area contributed by atoms with E-state index in [1.165, 1.54) is 4.90 Å². The quantitative estimate of drug-likeness (QED) is 0.809. The molecule has 2 aromatic rings. The Kier molecular flexibility index (Phi) is 4.88. The molecule has 0 spiro atoms. The Morgan fingerprint density at radius 3 is 2.27 bits per heavy atom. The number of likely N-dealkylation sites (N-methyl/N-ethyl adjacent to an activating group) is 1. The lowest BCUT2D eigenvalue weighted by atomic mass is 9.99. The maximum atomic E-state index is 12.9. The third kappa shape index (κ3) is 3.13. The third-order valence-corrected chi connectivity index (χ3v) is 4.97. The molecule has 0 saturated carbocycles. The number of benzene rings is 2. The summed E-state index contributed by atoms with van der Waals surface area (Å²) < 4.78 is 0. The first kappa shape index (κ1) is 18.2. The second-order valence-electron chi connectivity index (χ2n) is 6.49. The monoisotopic (exact) mass is 368 g/mol. The molecule has 2 aromatic carbocycles. The lowest BCUT2D eigenvalue weighted by Gasteiger charge is -2.13. The molecule has 4 nitrogen and oxygen atoms in total. The smallest absolute Gasteiger partial charge is 0.278 e. The Morgan fingerprint density at radius 2 is 1.62 bits per heavy atom. The van der Waals surface area contributed by atoms with Crippen molar-refractivity contribution in [1.29, 1.82) is 0 Å². The topological polar surface area (TPSA) is 49.4 Å². The lowest BCUT2D eigenvalue weighted by Crippen LogP contribution is -2.32. The molecule has 5 heteroatoms. The van der Waals surface area contributed by atoms with Crippen molar-refractivity contribution < 1.29 is 9.59 Å². The molecule has 0 radical (unpaired) electrons. The molecule has 1 aliphatic rings. The summed E-state index contributed by atoms with van der Waals surface area (Å²) in [5, 5.41) is 3.73. The van der Waals surface area contributed by atoms with E-state index in [1.54, 1.807) is 19.1 Å². The van der Waals surface area contributed by atoms with Gasteiger partial charge in [0.05, 0.1) is 5.57 Å². The van der Waals surface area contributed by atoms with Crippen molar-refractivity contribution in [3.05, 3.63) is 69.4 Å². The number of hydrogen-bond donors (Lipinski definition) is 1. The fraction of sp³-hybridized carbons (Fsp3) is 0.238. The highest BCUT2D eigenvalue weighted by Crippen LogP contribution is 2.32. The van der Waals surface area contributed by atoms with Crippen LogP contribution in [0.15, 0.2) is 42.1 Å². The van der Waals surface area contributed by atoms with E-state index in [0.29, 0.717) is 28.5 Å². The Hall–Kier alpha value is -2.59. The fourth-order valence-corrected chi connectivity index (χ4v) is 3.18. The van der Waals surface area contributed by atoms with Gasteiger partial charge < -0.3 is 5.32 Å². The molecular formula is C21H21ClN2O2. The number of rotatable bonds is 4. The molecule has 0 fully saturated rings. The molecule has 26 heavy (non-hydrogen) atoms. The molecule has 1 heterocycles. The summed E-state index contributed by atoms with van der Waals surface area (Å²) in [7, 11) is 0. The number of nitrogens with one attached hydrogen (secondary N) is 1. The fourth-order valence-electron chi connectivity index (χ4n) is 3.01. The highest BCUT2D eigenvalue weighted by atomic mass is 35.5. The van der Waals surface area contributed by atoms with E-state index < -0.39 is 0 Å². The zero-order valence-electron chi connectivity index (χ0n) is 15.3. The highest BCUT2D eigenvalue weighted by Gasteiger charge is 2.38. The van der Waals surface area contributed by atoms with Gasteiger partial charge in [0.2, 0.25) is 0 Å². The van der Waals surface area contributed by atoms with Crippen LogP contribution in [-0.4, -0.2) is 23.3 Å². The summed E-state index contributed by atoms with van der Waals surface area (Å²) >= 11 is 6.10. The van der Waals surface area contributed by atoms with Gasteiger partial charge in [-0.1, -0.05) is 35.9 Å². The maximum Gasteiger partial charge on any atom is 0.278 e. The van der Waals surface area contributed by atoms with Crippen LogP contribution in [-0.2, 0) is 9.59 Å². The minimum atomic E-state index is -0.315. The largest absolute Gasteiger partial charge is 0.350 e. The number of hydrogen-bond acceptors (Lipinski definition) is 3. The Morgan fingerprint density at radius 1 is 0.923 bits per heavy atom. The first-order chi connectivity index (χ1) is 12.3. The Balaban J connectivity index is 2.15. The number of imide groups is 1. The Bertz CT molecular complexity index is 947. The number of amides is 2. The summed E-state index contributed by atoms with van der Waals surface area (Å²) in [6.07, 6.45) is 0. The molecule has 1 aliphatic heterocycles. The summed E-state index contributed by atoms with van der Waals surface area (Å²) in [6, 6.07) is 11.2. The summed E-state index contributed by atoms with van der Waals surface area (Å²) in [5.74, 6) is -0.590. The normalized spacial score (nSPS) is 14.4. The van der Waals surface area contributed by atoms with E-state index in [-0.39, 0.29) is 11.8 Å². The van der Waals surface area contributed by atoms with Crippen LogP contribution in [0.1, 0.15) is 29.2 Å². The van der Waals surface area contributed by atoms with E-state index in [4.69, 9.17) is 11.6 Å². The molecule has 0 aromatic heterocycles. The predicted molar refractivity (Wildman–Crippen MR) is 105 cm³/mol. The van der Waals surface area contributed by atoms with Gasteiger partial charge in [0.15, 0.2) is 0 Å². The second-order valence-corrected chi connectivity index (χ2v) is 6.92. The number of halogens is 1. The van der Waals surface area contributed by atoms with E-state index >= 15 is 0 Å². The van der Waals surface area contributed by atoms with Gasteiger partial charge in [0.25, 0.3) is 11.8 Å². The van der Waals surface area contributed by atoms with Gasteiger partial charge in [0, 0.05) is 17.3 Å². The number of nitrogens with zero attached hydrogens (tertiary/aromatic N) is 1. The van der Waals surface area contributed by atoms with Crippen molar-refractivity contribution >= 4 is 34.7 Å². The Labute approximate surface area is 158 Å². The van der Waals surface area contributed by atoms with Crippen LogP contribution in [0.2, 0.25) is 5.02 Å². The van der Waals surface area contributed by atoms with Crippen LogP contribution in [0.5, 0.6) is 0 Å². The van der Waals surface area contributed by atoms with Crippen LogP contribution >= 0.6 is 11.6 Å². The van der Waals surface area contributed by atoms with Gasteiger partial charge in [0.1, 0.15) is 5.70 Å². The number of carbonyl (C=O) groups excluding carboxylic acids is 2. The molecular weight excluding hydrogens is 348 g/mol. The molecule has 3 rings (SSSR count). The molecule has 134 valence electrons. The van der Waals surface area contributed by atoms with Crippen molar-refractivity contribution in [2.45, 2.75) is 27.7 Å². The average molecular weight is 369 g/mol. The van der Waals surface area contributed by atoms with Crippen LogP contribution in [0.25, 0.3) is 5.57 Å². The van der Waals surface area contributed by atoms with Gasteiger partial charge in [-0.25, -0.2) is 0 Å². The van der Waals surface area contributed by atoms with Crippen molar-refractivity contribution in [1.82, 2.24) is 4.90 Å². The predicted octanol–water partition coefficient (Wildman–Crippen LogP) is 4.48. The standard InChI is InChI=1S/C21H21ClN2O2/c1-5-24-20(25)18(15-8-6-12(2)14(4)10-15)19(21(24)26)23-17-11-16(22)9-7-13(17)3/h6-11,23H,5H2,1-4H3. The zero-order valence-corrected chi connectivity index (χ0v) is 16.1. The molecule has 1 N–H and O–H groups in total. The molecule has 0 bridgehead atoms. The molecule has 0 aliphatic carbocycles. The van der Waals surface area contributed by atoms with Crippen LogP contribution < -0.4 is 5.32 Å². The van der Waals surface area contributed by atoms with Crippen LogP contribution in [0, 0.1) is 20.8 Å². The first-order valence-corrected chi connectivity index (χ1v) is 8.92. The van der Waals surface area contributed by atoms with Crippen LogP contribution in [0.4, 0.5) is 5.69 Å². The minimum absolute atomic E-state index is 0.275. The summed E-state index contributed by atoms with van der Waals surface area (Å²) in [5.41, 5.74) is 5.31. The second kappa shape index (κ2) is 6.96. The van der Waals surface area contributed by atoms with Gasteiger partial charge in [-0.05, 0) is 62.1 Å². The summed E-state index contributed by atoms with van der Waals surface area (Å²) in [6.45, 7) is 8.05. The third-order valence-electron chi connectivity index (χ3n) is 4.74. The first-order valence-electron chi connectivity index (χ1n) is 8.54. The van der Waals surface area contributed by atoms with Crippen molar-refractivity contribution in [3.8, 4) is 0 Å². The minimum Gasteiger partial charge on any atom is -0.350 e. The van der Waals surface area contributed by atoms with Gasteiger partial charge in [-0.15, -0.1) is 0 Å². The van der Waals surface area contributed by atoms with Crippen LogP contribution in [0.3, 0.4) is 0 Å². The van der Waals surface area contributed by atoms with Gasteiger partial charge >= 0.3 is 0 Å². The average Bonchev–Trinajstić information content (AvgIpc) is 2.83. The van der Waals surface area contributed by atoms with E-state index in [0.717, 1.165) is 22.3 Å². The van der Waals surface area contributed by atoms with Crippen molar-refractivity contribution in [2.24, 2.45) is 0 Å². The maximum absolute atomic E-state index is 12.9.